The van der Waals surface area contributed by atoms with Gasteiger partial charge in [0.15, 0.2) is 5.96 Å². The average Bonchev–Trinajstić information content (AvgIpc) is 2.69. The fraction of sp³-hybridized carbons (Fsp3) is 0.500. The van der Waals surface area contributed by atoms with Crippen LogP contribution in [-0.4, -0.2) is 22.9 Å². The first-order valence-corrected chi connectivity index (χ1v) is 6.34. The van der Waals surface area contributed by atoms with Crippen molar-refractivity contribution in [2.75, 3.05) is 6.54 Å². The minimum Gasteiger partial charge on any atom is -0.370 e. The lowest BCUT2D eigenvalue weighted by molar-refractivity contribution is 0.0276. The van der Waals surface area contributed by atoms with Crippen LogP contribution in [0, 0.1) is 5.92 Å². The molecular weight excluding hydrogens is 210 g/mol. The molecule has 2 atom stereocenters. The molecule has 2 unspecified atom stereocenters. The fourth-order valence-electron chi connectivity index (χ4n) is 3.02. The first-order chi connectivity index (χ1) is 8.22. The van der Waals surface area contributed by atoms with E-state index in [0.29, 0.717) is 5.92 Å². The van der Waals surface area contributed by atoms with Crippen LogP contribution in [0.15, 0.2) is 35.3 Å². The summed E-state index contributed by atoms with van der Waals surface area (Å²) in [6.45, 7) is 4.09. The van der Waals surface area contributed by atoms with E-state index in [9.17, 15) is 0 Å². The molecule has 2 N–H and O–H groups in total. The van der Waals surface area contributed by atoms with E-state index in [-0.39, 0.29) is 5.54 Å². The third-order valence-electron chi connectivity index (χ3n) is 4.44. The Bertz CT molecular complexity index is 440. The summed E-state index contributed by atoms with van der Waals surface area (Å²) in [5.41, 5.74) is 7.58. The van der Waals surface area contributed by atoms with Crippen molar-refractivity contribution in [3.05, 3.63) is 35.9 Å². The van der Waals surface area contributed by atoms with Crippen molar-refractivity contribution in [3.8, 4) is 0 Å². The van der Waals surface area contributed by atoms with Crippen LogP contribution in [0.2, 0.25) is 0 Å². The van der Waals surface area contributed by atoms with Crippen molar-refractivity contribution in [2.45, 2.75) is 31.8 Å². The topological polar surface area (TPSA) is 41.6 Å². The van der Waals surface area contributed by atoms with Crippen molar-refractivity contribution in [2.24, 2.45) is 16.6 Å². The van der Waals surface area contributed by atoms with Crippen LogP contribution in [0.3, 0.4) is 0 Å². The van der Waals surface area contributed by atoms with Gasteiger partial charge in [0.25, 0.3) is 0 Å². The van der Waals surface area contributed by atoms with E-state index in [1.807, 2.05) is 6.07 Å². The SMILES string of the molecule is CC1CCC12CN=C(N)N2Cc1ccccc1. The first kappa shape index (κ1) is 10.6. The summed E-state index contributed by atoms with van der Waals surface area (Å²) in [4.78, 5) is 6.78. The van der Waals surface area contributed by atoms with Gasteiger partial charge in [0, 0.05) is 6.54 Å². The third kappa shape index (κ3) is 1.53. The highest BCUT2D eigenvalue weighted by molar-refractivity contribution is 5.81. The van der Waals surface area contributed by atoms with Crippen LogP contribution in [0.1, 0.15) is 25.3 Å². The van der Waals surface area contributed by atoms with Crippen LogP contribution in [0.4, 0.5) is 0 Å². The van der Waals surface area contributed by atoms with Gasteiger partial charge in [-0.15, -0.1) is 0 Å². The highest BCUT2D eigenvalue weighted by Gasteiger charge is 2.52. The summed E-state index contributed by atoms with van der Waals surface area (Å²) in [6.07, 6.45) is 2.53. The van der Waals surface area contributed by atoms with E-state index in [1.54, 1.807) is 0 Å². The number of rotatable bonds is 2. The quantitative estimate of drug-likeness (QED) is 0.842. The molecular formula is C14H19N3. The predicted octanol–water partition coefficient (Wildman–Crippen LogP) is 1.99. The van der Waals surface area contributed by atoms with Crippen LogP contribution in [-0.2, 0) is 6.54 Å². The maximum Gasteiger partial charge on any atom is 0.192 e. The Kier molecular flexibility index (Phi) is 2.35. The largest absolute Gasteiger partial charge is 0.370 e. The molecule has 0 aromatic heterocycles. The number of nitrogens with two attached hydrogens (primary N) is 1. The van der Waals surface area contributed by atoms with Crippen molar-refractivity contribution in [3.63, 3.8) is 0 Å². The van der Waals surface area contributed by atoms with Crippen molar-refractivity contribution >= 4 is 5.96 Å². The summed E-state index contributed by atoms with van der Waals surface area (Å²) in [5, 5.41) is 0. The minimum atomic E-state index is 0.222. The van der Waals surface area contributed by atoms with Gasteiger partial charge in [-0.25, -0.2) is 0 Å². The molecule has 1 aromatic rings. The number of benzene rings is 1. The van der Waals surface area contributed by atoms with E-state index >= 15 is 0 Å². The third-order valence-corrected chi connectivity index (χ3v) is 4.44. The molecule has 1 saturated carbocycles. The van der Waals surface area contributed by atoms with Crippen molar-refractivity contribution in [1.29, 1.82) is 0 Å². The van der Waals surface area contributed by atoms with Crippen LogP contribution < -0.4 is 5.73 Å². The maximum absolute atomic E-state index is 6.05. The van der Waals surface area contributed by atoms with E-state index in [0.717, 1.165) is 19.0 Å². The Balaban J connectivity index is 1.83. The summed E-state index contributed by atoms with van der Waals surface area (Å²) in [6, 6.07) is 10.5. The lowest BCUT2D eigenvalue weighted by atomic mass is 9.67. The molecule has 90 valence electrons. The van der Waals surface area contributed by atoms with Crippen LogP contribution in [0.5, 0.6) is 0 Å². The molecule has 1 aliphatic carbocycles. The van der Waals surface area contributed by atoms with Crippen LogP contribution >= 0.6 is 0 Å². The molecule has 3 rings (SSSR count). The van der Waals surface area contributed by atoms with Gasteiger partial charge in [0.2, 0.25) is 0 Å². The van der Waals surface area contributed by atoms with Gasteiger partial charge >= 0.3 is 0 Å². The van der Waals surface area contributed by atoms with Gasteiger partial charge in [0.05, 0.1) is 12.1 Å². The Morgan fingerprint density at radius 1 is 1.41 bits per heavy atom. The number of nitrogens with zero attached hydrogens (tertiary/aromatic N) is 2. The Morgan fingerprint density at radius 2 is 2.18 bits per heavy atom. The minimum absolute atomic E-state index is 0.222. The highest BCUT2D eigenvalue weighted by Crippen LogP contribution is 2.46. The Labute approximate surface area is 102 Å². The summed E-state index contributed by atoms with van der Waals surface area (Å²) in [5.74, 6) is 1.43. The lowest BCUT2D eigenvalue weighted by Gasteiger charge is -2.51. The second-order valence-corrected chi connectivity index (χ2v) is 5.29. The standard InChI is InChI=1S/C14H19N3/c1-11-7-8-14(11)10-16-13(15)17(14)9-12-5-3-2-4-6-12/h2-6,11H,7-10H2,1H3,(H2,15,16). The van der Waals surface area contributed by atoms with Gasteiger partial charge in [-0.1, -0.05) is 37.3 Å². The van der Waals surface area contributed by atoms with Gasteiger partial charge in [-0.3, -0.25) is 4.99 Å². The molecule has 1 aromatic carbocycles. The highest BCUT2D eigenvalue weighted by atomic mass is 15.4. The first-order valence-electron chi connectivity index (χ1n) is 6.34. The molecule has 17 heavy (non-hydrogen) atoms. The second kappa shape index (κ2) is 3.76. The van der Waals surface area contributed by atoms with Gasteiger partial charge in [0.1, 0.15) is 0 Å². The van der Waals surface area contributed by atoms with E-state index < -0.39 is 0 Å². The van der Waals surface area contributed by atoms with Crippen LogP contribution in [0.25, 0.3) is 0 Å². The number of aliphatic imine (C=N–C) groups is 1. The molecule has 0 radical (unpaired) electrons. The van der Waals surface area contributed by atoms with Crippen molar-refractivity contribution in [1.82, 2.24) is 4.90 Å². The number of guanidine groups is 1. The monoisotopic (exact) mass is 229 g/mol. The molecule has 0 bridgehead atoms. The molecule has 1 fully saturated rings. The van der Waals surface area contributed by atoms with Gasteiger partial charge in [-0.2, -0.15) is 0 Å². The molecule has 3 nitrogen and oxygen atoms in total. The zero-order valence-electron chi connectivity index (χ0n) is 10.3. The van der Waals surface area contributed by atoms with Gasteiger partial charge < -0.3 is 10.6 Å². The number of hydrogen-bond donors (Lipinski definition) is 1. The second-order valence-electron chi connectivity index (χ2n) is 5.29. The lowest BCUT2D eigenvalue weighted by Crippen LogP contribution is -2.60. The van der Waals surface area contributed by atoms with E-state index in [1.165, 1.54) is 18.4 Å². The smallest absolute Gasteiger partial charge is 0.192 e. The summed E-state index contributed by atoms with van der Waals surface area (Å²) >= 11 is 0. The summed E-state index contributed by atoms with van der Waals surface area (Å²) in [7, 11) is 0. The molecule has 1 heterocycles. The van der Waals surface area contributed by atoms with Gasteiger partial charge in [-0.05, 0) is 24.3 Å². The van der Waals surface area contributed by atoms with E-state index in [4.69, 9.17) is 5.73 Å². The molecule has 2 aliphatic rings. The number of hydrogen-bond acceptors (Lipinski definition) is 3. The summed E-state index contributed by atoms with van der Waals surface area (Å²) < 4.78 is 0. The van der Waals surface area contributed by atoms with Crippen molar-refractivity contribution < 1.29 is 0 Å². The molecule has 0 amide bonds. The average molecular weight is 229 g/mol. The fourth-order valence-corrected chi connectivity index (χ4v) is 3.02. The molecule has 1 spiro atoms. The molecule has 1 aliphatic heterocycles. The molecule has 0 saturated heterocycles. The Hall–Kier alpha value is -1.51. The Morgan fingerprint density at radius 3 is 2.76 bits per heavy atom. The zero-order chi connectivity index (χ0) is 11.9. The molecule has 3 heteroatoms. The van der Waals surface area contributed by atoms with E-state index in [2.05, 4.69) is 41.1 Å². The zero-order valence-corrected chi connectivity index (χ0v) is 10.3. The maximum atomic E-state index is 6.05. The normalized spacial score (nSPS) is 31.5. The predicted molar refractivity (Wildman–Crippen MR) is 69.6 cm³/mol.